The summed E-state index contributed by atoms with van der Waals surface area (Å²) in [6, 6.07) is 0.696. The van der Waals surface area contributed by atoms with Gasteiger partial charge in [-0.1, -0.05) is 39.5 Å². The lowest BCUT2D eigenvalue weighted by Crippen LogP contribution is -2.31. The van der Waals surface area contributed by atoms with Crippen molar-refractivity contribution in [2.24, 2.45) is 0 Å². The molecule has 0 aliphatic carbocycles. The van der Waals surface area contributed by atoms with E-state index in [0.717, 1.165) is 11.8 Å². The van der Waals surface area contributed by atoms with Gasteiger partial charge in [0.25, 0.3) is 0 Å². The molecular formula is C12H27NS. The molecule has 0 spiro atoms. The first-order chi connectivity index (χ1) is 6.70. The molecule has 0 fully saturated rings. The van der Waals surface area contributed by atoms with Crippen molar-refractivity contribution < 1.29 is 0 Å². The van der Waals surface area contributed by atoms with Crippen molar-refractivity contribution in [2.75, 3.05) is 12.8 Å². The molecule has 0 saturated heterocycles. The smallest absolute Gasteiger partial charge is 0.0141 e. The van der Waals surface area contributed by atoms with Crippen LogP contribution < -0.4 is 5.32 Å². The van der Waals surface area contributed by atoms with Crippen molar-refractivity contribution in [1.29, 1.82) is 0 Å². The Kier molecular flexibility index (Phi) is 10.1. The van der Waals surface area contributed by atoms with Crippen LogP contribution in [0.5, 0.6) is 0 Å². The molecule has 0 heterocycles. The van der Waals surface area contributed by atoms with E-state index in [1.54, 1.807) is 0 Å². The zero-order valence-electron chi connectivity index (χ0n) is 10.3. The molecule has 2 heteroatoms. The fourth-order valence-corrected chi connectivity index (χ4v) is 1.69. The van der Waals surface area contributed by atoms with Gasteiger partial charge in [0, 0.05) is 17.8 Å². The summed E-state index contributed by atoms with van der Waals surface area (Å²) >= 11 is 1.94. The molecule has 0 rings (SSSR count). The Hall–Kier alpha value is 0.310. The number of hydrogen-bond donors (Lipinski definition) is 1. The molecular weight excluding hydrogens is 190 g/mol. The minimum absolute atomic E-state index is 0.696. The first-order valence-corrected chi connectivity index (χ1v) is 7.25. The van der Waals surface area contributed by atoms with Crippen LogP contribution in [0, 0.1) is 0 Å². The summed E-state index contributed by atoms with van der Waals surface area (Å²) in [4.78, 5) is 0. The number of nitrogens with one attached hydrogen (secondary N) is 1. The predicted octanol–water partition coefficient (Wildman–Crippen LogP) is 3.69. The fourth-order valence-electron chi connectivity index (χ4n) is 1.43. The Balaban J connectivity index is 3.23. The maximum Gasteiger partial charge on any atom is 0.0141 e. The molecule has 0 amide bonds. The second-order valence-electron chi connectivity index (χ2n) is 4.20. The lowest BCUT2D eigenvalue weighted by atomic mass is 10.1. The van der Waals surface area contributed by atoms with Gasteiger partial charge in [-0.3, -0.25) is 0 Å². The van der Waals surface area contributed by atoms with E-state index < -0.39 is 0 Å². The number of thioether (sulfide) groups is 1. The molecule has 0 aliphatic rings. The van der Waals surface area contributed by atoms with Crippen LogP contribution in [0.3, 0.4) is 0 Å². The van der Waals surface area contributed by atoms with E-state index in [4.69, 9.17) is 0 Å². The van der Waals surface area contributed by atoms with E-state index in [1.165, 1.54) is 32.1 Å². The zero-order valence-corrected chi connectivity index (χ0v) is 11.1. The van der Waals surface area contributed by atoms with Crippen molar-refractivity contribution in [1.82, 2.24) is 5.32 Å². The van der Waals surface area contributed by atoms with E-state index in [1.807, 2.05) is 11.8 Å². The minimum Gasteiger partial charge on any atom is -0.313 e. The first-order valence-electron chi connectivity index (χ1n) is 5.96. The summed E-state index contributed by atoms with van der Waals surface area (Å²) in [6.45, 7) is 8.00. The minimum atomic E-state index is 0.696. The number of rotatable bonds is 9. The Bertz CT molecular complexity index is 117. The lowest BCUT2D eigenvalue weighted by Gasteiger charge is -2.16. The summed E-state index contributed by atoms with van der Waals surface area (Å²) in [5.74, 6) is 0. The maximum atomic E-state index is 3.59. The topological polar surface area (TPSA) is 12.0 Å². The third-order valence-electron chi connectivity index (χ3n) is 2.65. The summed E-state index contributed by atoms with van der Waals surface area (Å²) in [5, 5.41) is 4.33. The van der Waals surface area contributed by atoms with Crippen molar-refractivity contribution in [3.05, 3.63) is 0 Å². The van der Waals surface area contributed by atoms with Crippen LogP contribution >= 0.6 is 11.8 Å². The van der Waals surface area contributed by atoms with Crippen molar-refractivity contribution >= 4 is 11.8 Å². The largest absolute Gasteiger partial charge is 0.313 e. The van der Waals surface area contributed by atoms with E-state index in [-0.39, 0.29) is 0 Å². The van der Waals surface area contributed by atoms with Crippen LogP contribution in [0.1, 0.15) is 52.9 Å². The average molecular weight is 217 g/mol. The molecule has 0 aromatic carbocycles. The highest BCUT2D eigenvalue weighted by Crippen LogP contribution is 2.07. The van der Waals surface area contributed by atoms with Gasteiger partial charge in [0.2, 0.25) is 0 Å². The molecule has 0 radical (unpaired) electrons. The standard InChI is InChI=1S/C12H27NS/c1-5-6-7-8-9-11(2)13-10-12(3)14-4/h11-13H,5-10H2,1-4H3. The molecule has 1 nitrogen and oxygen atoms in total. The zero-order chi connectivity index (χ0) is 10.8. The third kappa shape index (κ3) is 8.89. The molecule has 0 aliphatic heterocycles. The van der Waals surface area contributed by atoms with Gasteiger partial charge < -0.3 is 5.32 Å². The normalized spacial score (nSPS) is 15.4. The molecule has 2 atom stereocenters. The summed E-state index contributed by atoms with van der Waals surface area (Å²) in [7, 11) is 0. The van der Waals surface area contributed by atoms with E-state index in [0.29, 0.717) is 6.04 Å². The highest BCUT2D eigenvalue weighted by atomic mass is 32.2. The van der Waals surface area contributed by atoms with Gasteiger partial charge in [-0.25, -0.2) is 0 Å². The Morgan fingerprint density at radius 1 is 1.14 bits per heavy atom. The van der Waals surface area contributed by atoms with Crippen molar-refractivity contribution in [2.45, 2.75) is 64.2 Å². The molecule has 0 aromatic rings. The molecule has 0 bridgehead atoms. The third-order valence-corrected chi connectivity index (χ3v) is 3.62. The highest BCUT2D eigenvalue weighted by molar-refractivity contribution is 7.99. The van der Waals surface area contributed by atoms with Gasteiger partial charge >= 0.3 is 0 Å². The van der Waals surface area contributed by atoms with Gasteiger partial charge in [0.05, 0.1) is 0 Å². The van der Waals surface area contributed by atoms with Crippen molar-refractivity contribution in [3.8, 4) is 0 Å². The van der Waals surface area contributed by atoms with Gasteiger partial charge in [0.1, 0.15) is 0 Å². The maximum absolute atomic E-state index is 3.59. The average Bonchev–Trinajstić information content (AvgIpc) is 2.21. The van der Waals surface area contributed by atoms with E-state index in [2.05, 4.69) is 32.3 Å². The second-order valence-corrected chi connectivity index (χ2v) is 5.48. The number of unbranched alkanes of at least 4 members (excludes halogenated alkanes) is 3. The van der Waals surface area contributed by atoms with Crippen molar-refractivity contribution in [3.63, 3.8) is 0 Å². The van der Waals surface area contributed by atoms with E-state index in [9.17, 15) is 0 Å². The summed E-state index contributed by atoms with van der Waals surface area (Å²) in [5.41, 5.74) is 0. The number of hydrogen-bond acceptors (Lipinski definition) is 2. The Labute approximate surface area is 94.4 Å². The van der Waals surface area contributed by atoms with Crippen LogP contribution in [0.25, 0.3) is 0 Å². The highest BCUT2D eigenvalue weighted by Gasteiger charge is 2.03. The van der Waals surface area contributed by atoms with Crippen LogP contribution in [0.15, 0.2) is 0 Å². The van der Waals surface area contributed by atoms with Crippen LogP contribution in [0.4, 0.5) is 0 Å². The quantitative estimate of drug-likeness (QED) is 0.591. The Morgan fingerprint density at radius 2 is 1.86 bits per heavy atom. The van der Waals surface area contributed by atoms with Crippen LogP contribution in [-0.4, -0.2) is 24.1 Å². The van der Waals surface area contributed by atoms with Gasteiger partial charge in [-0.05, 0) is 19.6 Å². The van der Waals surface area contributed by atoms with Gasteiger partial charge in [0.15, 0.2) is 0 Å². The summed E-state index contributed by atoms with van der Waals surface area (Å²) in [6.07, 6.45) is 9.04. The first kappa shape index (κ1) is 14.3. The molecule has 2 unspecified atom stereocenters. The van der Waals surface area contributed by atoms with E-state index >= 15 is 0 Å². The molecule has 86 valence electrons. The molecule has 1 N–H and O–H groups in total. The van der Waals surface area contributed by atoms with Crippen LogP contribution in [-0.2, 0) is 0 Å². The fraction of sp³-hybridized carbons (Fsp3) is 1.00. The van der Waals surface area contributed by atoms with Gasteiger partial charge in [-0.15, -0.1) is 0 Å². The SMILES string of the molecule is CCCCCCC(C)NCC(C)SC. The predicted molar refractivity (Wildman–Crippen MR) is 69.2 cm³/mol. The molecule has 14 heavy (non-hydrogen) atoms. The van der Waals surface area contributed by atoms with Gasteiger partial charge in [-0.2, -0.15) is 11.8 Å². The summed E-state index contributed by atoms with van der Waals surface area (Å²) < 4.78 is 0. The van der Waals surface area contributed by atoms with Crippen LogP contribution in [0.2, 0.25) is 0 Å². The monoisotopic (exact) mass is 217 g/mol. The molecule has 0 aromatic heterocycles. The second kappa shape index (κ2) is 9.85. The molecule has 0 saturated carbocycles. The Morgan fingerprint density at radius 3 is 2.43 bits per heavy atom. The lowest BCUT2D eigenvalue weighted by molar-refractivity contribution is 0.486.